The summed E-state index contributed by atoms with van der Waals surface area (Å²) in [6, 6.07) is 7.85. The van der Waals surface area contributed by atoms with Gasteiger partial charge in [0.25, 0.3) is 5.56 Å². The summed E-state index contributed by atoms with van der Waals surface area (Å²) in [6.07, 6.45) is 0. The van der Waals surface area contributed by atoms with Gasteiger partial charge >= 0.3 is 0 Å². The number of H-pyrrole nitrogens is 1. The molecule has 0 radical (unpaired) electrons. The number of hydrogen-bond donors (Lipinski definition) is 2. The second-order valence-electron chi connectivity index (χ2n) is 5.43. The van der Waals surface area contributed by atoms with E-state index in [4.69, 9.17) is 0 Å². The predicted molar refractivity (Wildman–Crippen MR) is 92.5 cm³/mol. The molecule has 1 atom stereocenters. The van der Waals surface area contributed by atoms with Crippen molar-refractivity contribution in [2.24, 2.45) is 0 Å². The molecule has 116 valence electrons. The number of thioether (sulfide) groups is 1. The largest absolute Gasteiger partial charge is 0.310 e. The number of aromatic amines is 1. The van der Waals surface area contributed by atoms with Crippen LogP contribution in [0, 0.1) is 0 Å². The van der Waals surface area contributed by atoms with Gasteiger partial charge in [0, 0.05) is 10.5 Å². The van der Waals surface area contributed by atoms with Gasteiger partial charge in [-0.25, -0.2) is 0 Å². The maximum Gasteiger partial charge on any atom is 0.270 e. The monoisotopic (exact) mass is 381 g/mol. The van der Waals surface area contributed by atoms with Gasteiger partial charge in [0.2, 0.25) is 5.91 Å². The van der Waals surface area contributed by atoms with Crippen LogP contribution in [0.4, 0.5) is 5.82 Å². The SMILES string of the molecule is CC(C)n1[nH]c(=O)c2c1NC(=O)CSC2c1ccccc1Br. The van der Waals surface area contributed by atoms with Gasteiger partial charge in [-0.15, -0.1) is 11.8 Å². The van der Waals surface area contributed by atoms with Crippen molar-refractivity contribution in [3.63, 3.8) is 0 Å². The minimum Gasteiger partial charge on any atom is -0.310 e. The van der Waals surface area contributed by atoms with Crippen molar-refractivity contribution < 1.29 is 4.79 Å². The van der Waals surface area contributed by atoms with Crippen LogP contribution in [-0.4, -0.2) is 21.4 Å². The van der Waals surface area contributed by atoms with Crippen LogP contribution in [0.5, 0.6) is 0 Å². The molecular formula is C15H16BrN3O2S. The zero-order chi connectivity index (χ0) is 15.9. The fourth-order valence-electron chi connectivity index (χ4n) is 2.56. The van der Waals surface area contributed by atoms with E-state index in [1.165, 1.54) is 11.8 Å². The molecule has 7 heteroatoms. The molecule has 0 fully saturated rings. The molecule has 5 nitrogen and oxygen atoms in total. The molecule has 1 aliphatic rings. The minimum absolute atomic E-state index is 0.0553. The third-order valence-electron chi connectivity index (χ3n) is 3.57. The highest BCUT2D eigenvalue weighted by molar-refractivity contribution is 9.10. The van der Waals surface area contributed by atoms with Crippen molar-refractivity contribution in [1.29, 1.82) is 0 Å². The van der Waals surface area contributed by atoms with E-state index in [-0.39, 0.29) is 22.8 Å². The zero-order valence-corrected chi connectivity index (χ0v) is 14.6. The first-order chi connectivity index (χ1) is 10.5. The Labute approximate surface area is 140 Å². The third-order valence-corrected chi connectivity index (χ3v) is 5.54. The Kier molecular flexibility index (Phi) is 4.18. The first-order valence-electron chi connectivity index (χ1n) is 6.99. The molecule has 2 heterocycles. The molecular weight excluding hydrogens is 366 g/mol. The predicted octanol–water partition coefficient (Wildman–Crippen LogP) is 3.29. The number of aromatic nitrogens is 2. The van der Waals surface area contributed by atoms with Crippen molar-refractivity contribution in [3.05, 3.63) is 50.2 Å². The summed E-state index contributed by atoms with van der Waals surface area (Å²) in [5.74, 6) is 0.808. The number of anilines is 1. The third kappa shape index (κ3) is 2.63. The first kappa shape index (κ1) is 15.4. The molecule has 0 saturated heterocycles. The fourth-order valence-corrected chi connectivity index (χ4v) is 4.39. The van der Waals surface area contributed by atoms with Gasteiger partial charge in [-0.3, -0.25) is 19.4 Å². The zero-order valence-electron chi connectivity index (χ0n) is 12.2. The second kappa shape index (κ2) is 5.96. The van der Waals surface area contributed by atoms with E-state index >= 15 is 0 Å². The molecule has 1 aromatic heterocycles. The van der Waals surface area contributed by atoms with Gasteiger partial charge in [-0.2, -0.15) is 0 Å². The Morgan fingerprint density at radius 3 is 2.73 bits per heavy atom. The lowest BCUT2D eigenvalue weighted by Crippen LogP contribution is -2.17. The van der Waals surface area contributed by atoms with Gasteiger partial charge < -0.3 is 5.32 Å². The molecule has 22 heavy (non-hydrogen) atoms. The molecule has 3 rings (SSSR count). The summed E-state index contributed by atoms with van der Waals surface area (Å²) in [5, 5.41) is 5.52. The van der Waals surface area contributed by atoms with Gasteiger partial charge in [0.15, 0.2) is 0 Å². The van der Waals surface area contributed by atoms with Crippen LogP contribution in [0.15, 0.2) is 33.5 Å². The summed E-state index contributed by atoms with van der Waals surface area (Å²) in [4.78, 5) is 24.5. The summed E-state index contributed by atoms with van der Waals surface area (Å²) in [5.41, 5.74) is 1.45. The first-order valence-corrected chi connectivity index (χ1v) is 8.83. The molecule has 1 unspecified atom stereocenters. The standard InChI is InChI=1S/C15H16BrN3O2S/c1-8(2)19-14-12(15(21)18-19)13(22-7-11(20)17-14)9-5-3-4-6-10(9)16/h3-6,8,13H,7H2,1-2H3,(H,17,20)(H,18,21). The lowest BCUT2D eigenvalue weighted by Gasteiger charge is -2.16. The number of halogens is 1. The molecule has 2 aromatic rings. The number of carbonyl (C=O) groups is 1. The van der Waals surface area contributed by atoms with E-state index in [2.05, 4.69) is 26.3 Å². The van der Waals surface area contributed by atoms with Crippen LogP contribution < -0.4 is 10.9 Å². The summed E-state index contributed by atoms with van der Waals surface area (Å²) in [7, 11) is 0. The number of nitrogens with zero attached hydrogens (tertiary/aromatic N) is 1. The Morgan fingerprint density at radius 2 is 2.05 bits per heavy atom. The van der Waals surface area contributed by atoms with E-state index < -0.39 is 0 Å². The van der Waals surface area contributed by atoms with Crippen molar-refractivity contribution in [3.8, 4) is 0 Å². The van der Waals surface area contributed by atoms with Gasteiger partial charge in [-0.1, -0.05) is 34.1 Å². The van der Waals surface area contributed by atoms with Gasteiger partial charge in [-0.05, 0) is 25.5 Å². The molecule has 0 aliphatic carbocycles. The second-order valence-corrected chi connectivity index (χ2v) is 7.38. The number of fused-ring (bicyclic) bond motifs is 1. The molecule has 1 amide bonds. The average Bonchev–Trinajstić information content (AvgIpc) is 2.68. The number of rotatable bonds is 2. The quantitative estimate of drug-likeness (QED) is 0.838. The van der Waals surface area contributed by atoms with E-state index in [0.717, 1.165) is 10.0 Å². The van der Waals surface area contributed by atoms with Crippen LogP contribution in [0.2, 0.25) is 0 Å². The molecule has 1 aliphatic heterocycles. The number of benzene rings is 1. The van der Waals surface area contributed by atoms with Crippen LogP contribution in [0.1, 0.15) is 36.3 Å². The Hall–Kier alpha value is -1.47. The molecule has 0 spiro atoms. The maximum atomic E-state index is 12.5. The van der Waals surface area contributed by atoms with E-state index in [1.54, 1.807) is 4.68 Å². The van der Waals surface area contributed by atoms with E-state index in [0.29, 0.717) is 17.1 Å². The molecule has 2 N–H and O–H groups in total. The Balaban J connectivity index is 2.22. The van der Waals surface area contributed by atoms with E-state index in [1.807, 2.05) is 38.1 Å². The van der Waals surface area contributed by atoms with Crippen molar-refractivity contribution >= 4 is 39.4 Å². The van der Waals surface area contributed by atoms with Crippen LogP contribution in [0.25, 0.3) is 0 Å². The lowest BCUT2D eigenvalue weighted by atomic mass is 10.1. The summed E-state index contributed by atoms with van der Waals surface area (Å²) in [6.45, 7) is 3.93. The van der Waals surface area contributed by atoms with Crippen molar-refractivity contribution in [2.75, 3.05) is 11.1 Å². The van der Waals surface area contributed by atoms with Crippen molar-refractivity contribution in [1.82, 2.24) is 9.78 Å². The highest BCUT2D eigenvalue weighted by atomic mass is 79.9. The molecule has 0 saturated carbocycles. The average molecular weight is 382 g/mol. The highest BCUT2D eigenvalue weighted by Gasteiger charge is 2.31. The van der Waals surface area contributed by atoms with Gasteiger partial charge in [0.1, 0.15) is 5.82 Å². The molecule has 1 aromatic carbocycles. The normalized spacial score (nSPS) is 18.0. The Morgan fingerprint density at radius 1 is 1.32 bits per heavy atom. The number of carbonyl (C=O) groups excluding carboxylic acids is 1. The summed E-state index contributed by atoms with van der Waals surface area (Å²) >= 11 is 5.01. The topological polar surface area (TPSA) is 66.9 Å². The highest BCUT2D eigenvalue weighted by Crippen LogP contribution is 2.42. The van der Waals surface area contributed by atoms with Crippen LogP contribution >= 0.6 is 27.7 Å². The number of nitrogens with one attached hydrogen (secondary N) is 2. The van der Waals surface area contributed by atoms with Crippen molar-refractivity contribution in [2.45, 2.75) is 25.1 Å². The fraction of sp³-hybridized carbons (Fsp3) is 0.333. The van der Waals surface area contributed by atoms with Crippen LogP contribution in [0.3, 0.4) is 0 Å². The smallest absolute Gasteiger partial charge is 0.270 e. The molecule has 0 bridgehead atoms. The van der Waals surface area contributed by atoms with Gasteiger partial charge in [0.05, 0.1) is 16.6 Å². The summed E-state index contributed by atoms with van der Waals surface area (Å²) < 4.78 is 2.66. The lowest BCUT2D eigenvalue weighted by molar-refractivity contribution is -0.113. The maximum absolute atomic E-state index is 12.5. The number of amides is 1. The minimum atomic E-state index is -0.187. The van der Waals surface area contributed by atoms with Crippen LogP contribution in [-0.2, 0) is 4.79 Å². The number of hydrogen-bond acceptors (Lipinski definition) is 3. The Bertz CT molecular complexity index is 781. The van der Waals surface area contributed by atoms with E-state index in [9.17, 15) is 9.59 Å².